The molecule has 1 amide bonds. The Labute approximate surface area is 94.7 Å². The van der Waals surface area contributed by atoms with Crippen LogP contribution >= 0.6 is 0 Å². The topological polar surface area (TPSA) is 61.4 Å². The molecule has 2 rings (SSSR count). The molecule has 1 heterocycles. The van der Waals surface area contributed by atoms with E-state index in [-0.39, 0.29) is 11.9 Å². The zero-order chi connectivity index (χ0) is 11.9. The van der Waals surface area contributed by atoms with Crippen LogP contribution in [-0.2, 0) is 4.79 Å². The minimum atomic E-state index is -1.02. The summed E-state index contributed by atoms with van der Waals surface area (Å²) in [4.78, 5) is 11.6. The van der Waals surface area contributed by atoms with Crippen molar-refractivity contribution in [3.05, 3.63) is 23.3 Å². The van der Waals surface area contributed by atoms with Crippen LogP contribution in [0.3, 0.4) is 0 Å². The lowest BCUT2D eigenvalue weighted by Crippen LogP contribution is -2.38. The van der Waals surface area contributed by atoms with E-state index in [1.54, 1.807) is 6.92 Å². The van der Waals surface area contributed by atoms with Crippen LogP contribution in [0.4, 0.5) is 11.4 Å². The lowest BCUT2D eigenvalue weighted by molar-refractivity contribution is -0.124. The molecular weight excluding hydrogens is 204 g/mol. The van der Waals surface area contributed by atoms with Gasteiger partial charge in [-0.1, -0.05) is 0 Å². The fourth-order valence-corrected chi connectivity index (χ4v) is 1.80. The van der Waals surface area contributed by atoms with Crippen molar-refractivity contribution in [2.45, 2.75) is 32.9 Å². The second-order valence-electron chi connectivity index (χ2n) is 4.35. The third kappa shape index (κ3) is 1.76. The number of rotatable bonds is 0. The summed E-state index contributed by atoms with van der Waals surface area (Å²) in [5.74, 6) is -0.359. The number of hydrogen-bond donors (Lipinski definition) is 3. The van der Waals surface area contributed by atoms with Gasteiger partial charge in [-0.2, -0.15) is 0 Å². The van der Waals surface area contributed by atoms with Crippen molar-refractivity contribution < 1.29 is 9.90 Å². The number of aryl methyl sites for hydroxylation is 2. The summed E-state index contributed by atoms with van der Waals surface area (Å²) >= 11 is 0. The zero-order valence-electron chi connectivity index (χ0n) is 9.66. The molecule has 86 valence electrons. The molecule has 4 nitrogen and oxygen atoms in total. The number of carbonyl (C=O) groups is 1. The molecule has 1 aliphatic heterocycles. The van der Waals surface area contributed by atoms with E-state index < -0.39 is 6.10 Å². The van der Waals surface area contributed by atoms with Crippen molar-refractivity contribution in [1.29, 1.82) is 0 Å². The summed E-state index contributed by atoms with van der Waals surface area (Å²) in [7, 11) is 0. The average Bonchev–Trinajstić information content (AvgIpc) is 2.31. The first kappa shape index (κ1) is 11.0. The second-order valence-corrected chi connectivity index (χ2v) is 4.35. The maximum Gasteiger partial charge on any atom is 0.255 e. The molecule has 0 bridgehead atoms. The third-order valence-electron chi connectivity index (χ3n) is 3.02. The molecule has 0 unspecified atom stereocenters. The molecule has 0 fully saturated rings. The van der Waals surface area contributed by atoms with Crippen molar-refractivity contribution in [3.8, 4) is 0 Å². The molecule has 0 aromatic heterocycles. The van der Waals surface area contributed by atoms with Crippen LogP contribution in [0.25, 0.3) is 0 Å². The first-order valence-electron chi connectivity index (χ1n) is 5.36. The molecule has 1 aliphatic rings. The van der Waals surface area contributed by atoms with Crippen molar-refractivity contribution >= 4 is 17.3 Å². The SMILES string of the molecule is Cc1cc2c(cc1C)N[C@@H](C)[C@@H](O)C(=O)N2. The molecule has 0 radical (unpaired) electrons. The Morgan fingerprint density at radius 3 is 2.38 bits per heavy atom. The highest BCUT2D eigenvalue weighted by Crippen LogP contribution is 2.29. The largest absolute Gasteiger partial charge is 0.381 e. The van der Waals surface area contributed by atoms with Crippen molar-refractivity contribution in [3.63, 3.8) is 0 Å². The van der Waals surface area contributed by atoms with Gasteiger partial charge in [-0.15, -0.1) is 0 Å². The van der Waals surface area contributed by atoms with Crippen LogP contribution in [0, 0.1) is 13.8 Å². The van der Waals surface area contributed by atoms with Crippen LogP contribution in [0.15, 0.2) is 12.1 Å². The van der Waals surface area contributed by atoms with Crippen LogP contribution < -0.4 is 10.6 Å². The Bertz CT molecular complexity index is 443. The van der Waals surface area contributed by atoms with Gasteiger partial charge in [-0.05, 0) is 44.0 Å². The minimum Gasteiger partial charge on any atom is -0.381 e. The number of benzene rings is 1. The number of hydrogen-bond acceptors (Lipinski definition) is 3. The van der Waals surface area contributed by atoms with E-state index in [0.29, 0.717) is 0 Å². The summed E-state index contributed by atoms with van der Waals surface area (Å²) in [6, 6.07) is 3.61. The molecule has 2 atom stereocenters. The Balaban J connectivity index is 2.47. The molecule has 0 aliphatic carbocycles. The first-order chi connectivity index (χ1) is 7.49. The molecular formula is C12H16N2O2. The number of amides is 1. The lowest BCUT2D eigenvalue weighted by Gasteiger charge is -2.16. The van der Waals surface area contributed by atoms with E-state index in [4.69, 9.17) is 0 Å². The summed E-state index contributed by atoms with van der Waals surface area (Å²) in [5.41, 5.74) is 3.87. The van der Waals surface area contributed by atoms with Crippen LogP contribution in [0.1, 0.15) is 18.1 Å². The Morgan fingerprint density at radius 2 is 1.75 bits per heavy atom. The normalized spacial score (nSPS) is 24.1. The number of aliphatic hydroxyl groups excluding tert-OH is 1. The van der Waals surface area contributed by atoms with Gasteiger partial charge in [0.15, 0.2) is 6.10 Å². The standard InChI is InChI=1S/C12H16N2O2/c1-6-4-9-10(5-7(6)2)14-12(16)11(15)8(3)13-9/h4-5,8,11,13,15H,1-3H3,(H,14,16)/t8-,11+/m0/s1. The van der Waals surface area contributed by atoms with Gasteiger partial charge in [0.25, 0.3) is 5.91 Å². The molecule has 1 aromatic carbocycles. The van der Waals surface area contributed by atoms with E-state index in [0.717, 1.165) is 22.5 Å². The summed E-state index contributed by atoms with van der Waals surface area (Å²) in [5, 5.41) is 15.5. The number of anilines is 2. The van der Waals surface area contributed by atoms with Gasteiger partial charge in [-0.25, -0.2) is 0 Å². The van der Waals surface area contributed by atoms with Gasteiger partial charge in [0.2, 0.25) is 0 Å². The minimum absolute atomic E-state index is 0.289. The second kappa shape index (κ2) is 3.79. The van der Waals surface area contributed by atoms with Crippen LogP contribution in [0.5, 0.6) is 0 Å². The van der Waals surface area contributed by atoms with Crippen LogP contribution in [0.2, 0.25) is 0 Å². The lowest BCUT2D eigenvalue weighted by atomic mass is 10.1. The van der Waals surface area contributed by atoms with Gasteiger partial charge >= 0.3 is 0 Å². The van der Waals surface area contributed by atoms with E-state index in [9.17, 15) is 9.90 Å². The van der Waals surface area contributed by atoms with Crippen molar-refractivity contribution in [2.75, 3.05) is 10.6 Å². The molecule has 16 heavy (non-hydrogen) atoms. The van der Waals surface area contributed by atoms with E-state index in [2.05, 4.69) is 10.6 Å². The highest BCUT2D eigenvalue weighted by molar-refractivity contribution is 5.99. The average molecular weight is 220 g/mol. The highest BCUT2D eigenvalue weighted by Gasteiger charge is 2.27. The smallest absolute Gasteiger partial charge is 0.255 e. The summed E-state index contributed by atoms with van der Waals surface area (Å²) < 4.78 is 0. The maximum atomic E-state index is 11.6. The predicted molar refractivity (Wildman–Crippen MR) is 63.6 cm³/mol. The van der Waals surface area contributed by atoms with Gasteiger partial charge in [0, 0.05) is 0 Å². The van der Waals surface area contributed by atoms with E-state index >= 15 is 0 Å². The summed E-state index contributed by atoms with van der Waals surface area (Å²) in [6.45, 7) is 5.80. The Morgan fingerprint density at radius 1 is 1.19 bits per heavy atom. The number of carbonyl (C=O) groups excluding carboxylic acids is 1. The zero-order valence-corrected chi connectivity index (χ0v) is 9.66. The highest BCUT2D eigenvalue weighted by atomic mass is 16.3. The Kier molecular flexibility index (Phi) is 2.59. The van der Waals surface area contributed by atoms with Gasteiger partial charge in [0.05, 0.1) is 17.4 Å². The molecule has 3 N–H and O–H groups in total. The molecule has 0 saturated carbocycles. The number of nitrogens with one attached hydrogen (secondary N) is 2. The number of fused-ring (bicyclic) bond motifs is 1. The molecule has 0 spiro atoms. The molecule has 1 aromatic rings. The van der Waals surface area contributed by atoms with Crippen LogP contribution in [-0.4, -0.2) is 23.2 Å². The quantitative estimate of drug-likeness (QED) is 0.619. The predicted octanol–water partition coefficient (Wildman–Crippen LogP) is 1.42. The summed E-state index contributed by atoms with van der Waals surface area (Å²) in [6.07, 6.45) is -1.02. The maximum absolute atomic E-state index is 11.6. The first-order valence-corrected chi connectivity index (χ1v) is 5.36. The third-order valence-corrected chi connectivity index (χ3v) is 3.02. The van der Waals surface area contributed by atoms with E-state index in [1.807, 2.05) is 26.0 Å². The van der Waals surface area contributed by atoms with Gasteiger partial charge in [0.1, 0.15) is 0 Å². The van der Waals surface area contributed by atoms with Crippen molar-refractivity contribution in [1.82, 2.24) is 0 Å². The van der Waals surface area contributed by atoms with E-state index in [1.165, 1.54) is 0 Å². The molecule has 0 saturated heterocycles. The van der Waals surface area contributed by atoms with Crippen molar-refractivity contribution in [2.24, 2.45) is 0 Å². The number of aliphatic hydroxyl groups is 1. The fourth-order valence-electron chi connectivity index (χ4n) is 1.80. The van der Waals surface area contributed by atoms with Gasteiger partial charge in [-0.3, -0.25) is 4.79 Å². The monoisotopic (exact) mass is 220 g/mol. The molecule has 4 heteroatoms. The fraction of sp³-hybridized carbons (Fsp3) is 0.417. The Hall–Kier alpha value is -1.55. The van der Waals surface area contributed by atoms with Gasteiger partial charge < -0.3 is 15.7 Å².